The van der Waals surface area contributed by atoms with Gasteiger partial charge < -0.3 is 9.73 Å². The van der Waals surface area contributed by atoms with Gasteiger partial charge in [-0.1, -0.05) is 0 Å². The third kappa shape index (κ3) is 2.00. The summed E-state index contributed by atoms with van der Waals surface area (Å²) >= 11 is 0. The van der Waals surface area contributed by atoms with Gasteiger partial charge >= 0.3 is 0 Å². The molecule has 17 heavy (non-hydrogen) atoms. The van der Waals surface area contributed by atoms with E-state index >= 15 is 0 Å². The first kappa shape index (κ1) is 10.3. The number of hydrogen-bond acceptors (Lipinski definition) is 5. The van der Waals surface area contributed by atoms with E-state index in [9.17, 15) is 0 Å². The number of aryl methyl sites for hydroxylation is 2. The first-order valence-electron chi connectivity index (χ1n) is 5.81. The molecule has 88 valence electrons. The second-order valence-electron chi connectivity index (χ2n) is 4.22. The van der Waals surface area contributed by atoms with Crippen LogP contribution in [0.3, 0.4) is 0 Å². The van der Waals surface area contributed by atoms with Crippen LogP contribution in [-0.2, 0) is 19.4 Å². The second-order valence-corrected chi connectivity index (χ2v) is 4.22. The van der Waals surface area contributed by atoms with E-state index in [4.69, 9.17) is 4.42 Å². The molecule has 0 saturated carbocycles. The number of hydrogen-bond donors (Lipinski definition) is 1. The lowest BCUT2D eigenvalue weighted by Crippen LogP contribution is -2.05. The van der Waals surface area contributed by atoms with Crippen LogP contribution in [0.1, 0.15) is 29.3 Å². The Labute approximate surface area is 99.3 Å². The van der Waals surface area contributed by atoms with Crippen molar-refractivity contribution in [2.24, 2.45) is 0 Å². The van der Waals surface area contributed by atoms with Crippen molar-refractivity contribution in [3.8, 4) is 0 Å². The molecule has 1 N–H and O–H groups in total. The minimum atomic E-state index is 0.567. The van der Waals surface area contributed by atoms with E-state index in [1.807, 2.05) is 6.92 Å². The minimum absolute atomic E-state index is 0.567. The van der Waals surface area contributed by atoms with Crippen molar-refractivity contribution >= 4 is 5.82 Å². The van der Waals surface area contributed by atoms with Gasteiger partial charge in [0.15, 0.2) is 0 Å². The van der Waals surface area contributed by atoms with Gasteiger partial charge in [-0.2, -0.15) is 0 Å². The molecular weight excluding hydrogens is 216 g/mol. The van der Waals surface area contributed by atoms with E-state index < -0.39 is 0 Å². The van der Waals surface area contributed by atoms with Crippen molar-refractivity contribution in [3.05, 3.63) is 35.4 Å². The number of fused-ring (bicyclic) bond motifs is 1. The Balaban J connectivity index is 1.75. The number of nitrogens with one attached hydrogen (secondary N) is 1. The van der Waals surface area contributed by atoms with Crippen molar-refractivity contribution in [1.82, 2.24) is 15.0 Å². The van der Waals surface area contributed by atoms with Gasteiger partial charge in [-0.3, -0.25) is 0 Å². The second kappa shape index (κ2) is 4.16. The number of oxazole rings is 1. The third-order valence-electron chi connectivity index (χ3n) is 2.95. The van der Waals surface area contributed by atoms with Gasteiger partial charge in [-0.15, -0.1) is 0 Å². The summed E-state index contributed by atoms with van der Waals surface area (Å²) in [6.45, 7) is 2.45. The highest BCUT2D eigenvalue weighted by Gasteiger charge is 2.16. The molecule has 5 heteroatoms. The van der Waals surface area contributed by atoms with Crippen LogP contribution in [0, 0.1) is 6.92 Å². The molecule has 1 aliphatic carbocycles. The van der Waals surface area contributed by atoms with Gasteiger partial charge in [0.1, 0.15) is 17.9 Å². The first-order chi connectivity index (χ1) is 8.33. The van der Waals surface area contributed by atoms with Crippen molar-refractivity contribution in [2.45, 2.75) is 32.7 Å². The molecule has 2 aromatic rings. The molecule has 0 amide bonds. The Kier molecular flexibility index (Phi) is 2.51. The van der Waals surface area contributed by atoms with Crippen LogP contribution >= 0.6 is 0 Å². The third-order valence-corrected chi connectivity index (χ3v) is 2.95. The highest BCUT2D eigenvalue weighted by molar-refractivity contribution is 5.47. The molecule has 0 radical (unpaired) electrons. The standard InChI is InChI=1S/C12H14N4O/c1-8-5-13-11(17-8)6-14-12-9-3-2-4-10(9)15-7-16-12/h5,7H,2-4,6H2,1H3,(H,14,15,16). The lowest BCUT2D eigenvalue weighted by molar-refractivity contribution is 0.478. The zero-order valence-corrected chi connectivity index (χ0v) is 9.73. The highest BCUT2D eigenvalue weighted by Crippen LogP contribution is 2.25. The topological polar surface area (TPSA) is 63.8 Å². The molecule has 0 spiro atoms. The van der Waals surface area contributed by atoms with Gasteiger partial charge in [0.25, 0.3) is 0 Å². The Morgan fingerprint density at radius 2 is 2.24 bits per heavy atom. The molecule has 0 saturated heterocycles. The van der Waals surface area contributed by atoms with Crippen LogP contribution in [0.25, 0.3) is 0 Å². The van der Waals surface area contributed by atoms with E-state index in [0.717, 1.165) is 24.4 Å². The zero-order valence-electron chi connectivity index (χ0n) is 9.73. The summed E-state index contributed by atoms with van der Waals surface area (Å²) in [7, 11) is 0. The smallest absolute Gasteiger partial charge is 0.213 e. The fraction of sp³-hybridized carbons (Fsp3) is 0.417. The number of rotatable bonds is 3. The maximum absolute atomic E-state index is 5.41. The zero-order chi connectivity index (χ0) is 11.7. The van der Waals surface area contributed by atoms with Gasteiger partial charge in [0.05, 0.1) is 12.7 Å². The summed E-state index contributed by atoms with van der Waals surface area (Å²) in [6.07, 6.45) is 6.63. The number of aromatic nitrogens is 3. The summed E-state index contributed by atoms with van der Waals surface area (Å²) in [5.41, 5.74) is 2.42. The van der Waals surface area contributed by atoms with Gasteiger partial charge in [0, 0.05) is 11.3 Å². The van der Waals surface area contributed by atoms with E-state index in [1.165, 1.54) is 17.7 Å². The molecule has 5 nitrogen and oxygen atoms in total. The lowest BCUT2D eigenvalue weighted by Gasteiger charge is -2.07. The Morgan fingerprint density at radius 1 is 1.29 bits per heavy atom. The predicted molar refractivity (Wildman–Crippen MR) is 62.6 cm³/mol. The van der Waals surface area contributed by atoms with Crippen LogP contribution in [-0.4, -0.2) is 15.0 Å². The number of anilines is 1. The van der Waals surface area contributed by atoms with Crippen molar-refractivity contribution < 1.29 is 4.42 Å². The summed E-state index contributed by atoms with van der Waals surface area (Å²) in [4.78, 5) is 12.7. The Bertz CT molecular complexity index is 535. The predicted octanol–water partition coefficient (Wildman–Crippen LogP) is 1.87. The van der Waals surface area contributed by atoms with Crippen LogP contribution < -0.4 is 5.32 Å². The summed E-state index contributed by atoms with van der Waals surface area (Å²) in [5, 5.41) is 3.27. The molecule has 2 aromatic heterocycles. The number of nitrogens with zero attached hydrogens (tertiary/aromatic N) is 3. The Morgan fingerprint density at radius 3 is 3.06 bits per heavy atom. The van der Waals surface area contributed by atoms with Gasteiger partial charge in [-0.05, 0) is 26.2 Å². The molecule has 2 heterocycles. The van der Waals surface area contributed by atoms with Gasteiger partial charge in [-0.25, -0.2) is 15.0 Å². The molecule has 0 atom stereocenters. The maximum Gasteiger partial charge on any atom is 0.213 e. The van der Waals surface area contributed by atoms with Crippen molar-refractivity contribution in [2.75, 3.05) is 5.32 Å². The quantitative estimate of drug-likeness (QED) is 0.872. The fourth-order valence-corrected chi connectivity index (χ4v) is 2.15. The van der Waals surface area contributed by atoms with Crippen LogP contribution in [0.15, 0.2) is 16.9 Å². The highest BCUT2D eigenvalue weighted by atomic mass is 16.4. The molecule has 0 aliphatic heterocycles. The molecule has 0 fully saturated rings. The van der Waals surface area contributed by atoms with Crippen LogP contribution in [0.4, 0.5) is 5.82 Å². The molecule has 0 unspecified atom stereocenters. The monoisotopic (exact) mass is 230 g/mol. The lowest BCUT2D eigenvalue weighted by atomic mass is 10.2. The van der Waals surface area contributed by atoms with Crippen molar-refractivity contribution in [1.29, 1.82) is 0 Å². The molecule has 0 bridgehead atoms. The molecular formula is C12H14N4O. The van der Waals surface area contributed by atoms with E-state index in [0.29, 0.717) is 12.4 Å². The van der Waals surface area contributed by atoms with E-state index in [-0.39, 0.29) is 0 Å². The van der Waals surface area contributed by atoms with E-state index in [2.05, 4.69) is 20.3 Å². The fourth-order valence-electron chi connectivity index (χ4n) is 2.15. The van der Waals surface area contributed by atoms with Gasteiger partial charge in [0.2, 0.25) is 5.89 Å². The van der Waals surface area contributed by atoms with Crippen LogP contribution in [0.5, 0.6) is 0 Å². The SMILES string of the molecule is Cc1cnc(CNc2ncnc3c2CCC3)o1. The maximum atomic E-state index is 5.41. The van der Waals surface area contributed by atoms with Crippen LogP contribution in [0.2, 0.25) is 0 Å². The molecule has 3 rings (SSSR count). The summed E-state index contributed by atoms with van der Waals surface area (Å²) in [6, 6.07) is 0. The molecule has 0 aromatic carbocycles. The minimum Gasteiger partial charge on any atom is -0.444 e. The average molecular weight is 230 g/mol. The largest absolute Gasteiger partial charge is 0.444 e. The normalized spacial score (nSPS) is 13.7. The Hall–Kier alpha value is -1.91. The van der Waals surface area contributed by atoms with E-state index in [1.54, 1.807) is 12.5 Å². The first-order valence-corrected chi connectivity index (χ1v) is 5.81. The summed E-state index contributed by atoms with van der Waals surface area (Å²) in [5.74, 6) is 2.44. The molecule has 1 aliphatic rings. The summed E-state index contributed by atoms with van der Waals surface area (Å²) < 4.78 is 5.41. The van der Waals surface area contributed by atoms with Crippen molar-refractivity contribution in [3.63, 3.8) is 0 Å². The average Bonchev–Trinajstić information content (AvgIpc) is 2.94.